The van der Waals surface area contributed by atoms with Gasteiger partial charge in [0.15, 0.2) is 6.10 Å². The largest absolute Gasteiger partial charge is 0.497 e. The molecule has 2 aromatic carbocycles. The van der Waals surface area contributed by atoms with Crippen LogP contribution >= 0.6 is 0 Å². The van der Waals surface area contributed by atoms with Gasteiger partial charge in [0.05, 0.1) is 25.3 Å². The zero-order valence-corrected chi connectivity index (χ0v) is 17.2. The summed E-state index contributed by atoms with van der Waals surface area (Å²) in [5, 5.41) is 0. The van der Waals surface area contributed by atoms with E-state index in [1.165, 1.54) is 7.11 Å². The fourth-order valence-corrected chi connectivity index (χ4v) is 3.10. The van der Waals surface area contributed by atoms with Crippen molar-refractivity contribution in [1.82, 2.24) is 9.55 Å². The van der Waals surface area contributed by atoms with Gasteiger partial charge in [0, 0.05) is 26.1 Å². The first kappa shape index (κ1) is 20.7. The summed E-state index contributed by atoms with van der Waals surface area (Å²) in [5.74, 6) is 1.97. The van der Waals surface area contributed by atoms with Crippen LogP contribution in [0.2, 0.25) is 0 Å². The van der Waals surface area contributed by atoms with Crippen LogP contribution in [0.1, 0.15) is 18.3 Å². The van der Waals surface area contributed by atoms with Crippen LogP contribution < -0.4 is 9.47 Å². The Kier molecular flexibility index (Phi) is 6.72. The van der Waals surface area contributed by atoms with E-state index >= 15 is 0 Å². The Balaban J connectivity index is 1.65. The maximum atomic E-state index is 11.8. The minimum absolute atomic E-state index is 0.344. The number of ether oxygens (including phenoxy) is 4. The number of aryl methyl sites for hydroxylation is 1. The highest BCUT2D eigenvalue weighted by atomic mass is 16.6. The molecule has 1 heterocycles. The Morgan fingerprint density at radius 2 is 1.83 bits per heavy atom. The number of hydrogen-bond acceptors (Lipinski definition) is 6. The highest BCUT2D eigenvalue weighted by Gasteiger charge is 2.19. The van der Waals surface area contributed by atoms with Crippen LogP contribution in [0.4, 0.5) is 0 Å². The van der Waals surface area contributed by atoms with Gasteiger partial charge in [0.2, 0.25) is 0 Å². The standard InChI is InChI=1S/C22H26N2O5/c1-5-28-20(22(25)27-4)12-15-6-8-16(9-7-15)29-14-21-23-18-11-10-17(26-3)13-19(18)24(21)2/h6-11,13,20H,5,12,14H2,1-4H3. The number of nitrogens with zero attached hydrogens (tertiary/aromatic N) is 2. The number of carbonyl (C=O) groups excluding carboxylic acids is 1. The summed E-state index contributed by atoms with van der Waals surface area (Å²) in [5.41, 5.74) is 2.85. The molecule has 0 aliphatic heterocycles. The van der Waals surface area contributed by atoms with E-state index in [2.05, 4.69) is 4.98 Å². The summed E-state index contributed by atoms with van der Waals surface area (Å²) in [6, 6.07) is 13.4. The molecule has 0 bridgehead atoms. The van der Waals surface area contributed by atoms with Crippen LogP contribution in [-0.4, -0.2) is 42.5 Å². The molecule has 0 spiro atoms. The molecule has 0 N–H and O–H groups in total. The molecule has 0 aliphatic carbocycles. The minimum Gasteiger partial charge on any atom is -0.497 e. The summed E-state index contributed by atoms with van der Waals surface area (Å²) < 4.78 is 23.4. The van der Waals surface area contributed by atoms with Crippen LogP contribution in [0.3, 0.4) is 0 Å². The van der Waals surface area contributed by atoms with Gasteiger partial charge in [-0.2, -0.15) is 0 Å². The number of carbonyl (C=O) groups is 1. The number of imidazole rings is 1. The van der Waals surface area contributed by atoms with Crippen molar-refractivity contribution in [3.05, 3.63) is 53.9 Å². The number of esters is 1. The summed E-state index contributed by atoms with van der Waals surface area (Å²) in [6.45, 7) is 2.64. The van der Waals surface area contributed by atoms with E-state index in [1.54, 1.807) is 7.11 Å². The van der Waals surface area contributed by atoms with Crippen molar-refractivity contribution in [1.29, 1.82) is 0 Å². The highest BCUT2D eigenvalue weighted by molar-refractivity contribution is 5.77. The van der Waals surface area contributed by atoms with Crippen molar-refractivity contribution in [3.63, 3.8) is 0 Å². The maximum absolute atomic E-state index is 11.8. The Morgan fingerprint density at radius 1 is 1.10 bits per heavy atom. The third kappa shape index (κ3) is 4.86. The number of rotatable bonds is 9. The normalized spacial score (nSPS) is 12.0. The van der Waals surface area contributed by atoms with E-state index in [4.69, 9.17) is 18.9 Å². The van der Waals surface area contributed by atoms with Gasteiger partial charge in [-0.05, 0) is 36.8 Å². The van der Waals surface area contributed by atoms with Gasteiger partial charge < -0.3 is 23.5 Å². The average Bonchev–Trinajstić information content (AvgIpc) is 3.07. The number of aromatic nitrogens is 2. The van der Waals surface area contributed by atoms with E-state index in [9.17, 15) is 4.79 Å². The van der Waals surface area contributed by atoms with Crippen molar-refractivity contribution in [2.24, 2.45) is 7.05 Å². The van der Waals surface area contributed by atoms with Gasteiger partial charge in [-0.1, -0.05) is 12.1 Å². The molecule has 7 nitrogen and oxygen atoms in total. The van der Waals surface area contributed by atoms with E-state index in [1.807, 2.05) is 61.0 Å². The van der Waals surface area contributed by atoms with Crippen LogP contribution in [0.15, 0.2) is 42.5 Å². The molecule has 0 amide bonds. The average molecular weight is 398 g/mol. The van der Waals surface area contributed by atoms with Gasteiger partial charge in [-0.25, -0.2) is 9.78 Å². The number of hydrogen-bond donors (Lipinski definition) is 0. The Morgan fingerprint density at radius 3 is 2.48 bits per heavy atom. The molecule has 0 saturated carbocycles. The zero-order valence-electron chi connectivity index (χ0n) is 17.2. The van der Waals surface area contributed by atoms with Gasteiger partial charge in [-0.15, -0.1) is 0 Å². The molecule has 29 heavy (non-hydrogen) atoms. The second-order valence-corrected chi connectivity index (χ2v) is 6.55. The smallest absolute Gasteiger partial charge is 0.335 e. The topological polar surface area (TPSA) is 71.8 Å². The van der Waals surface area contributed by atoms with Crippen LogP contribution in [0.5, 0.6) is 11.5 Å². The first-order valence-electron chi connectivity index (χ1n) is 9.46. The van der Waals surface area contributed by atoms with Crippen molar-refractivity contribution in [2.45, 2.75) is 26.1 Å². The monoisotopic (exact) mass is 398 g/mol. The van der Waals surface area contributed by atoms with Crippen LogP contribution in [0.25, 0.3) is 11.0 Å². The lowest BCUT2D eigenvalue weighted by Gasteiger charge is -2.15. The Hall–Kier alpha value is -3.06. The fourth-order valence-electron chi connectivity index (χ4n) is 3.10. The Bertz CT molecular complexity index is 965. The first-order chi connectivity index (χ1) is 14.0. The SMILES string of the molecule is CCOC(Cc1ccc(OCc2nc3ccc(OC)cc3n2C)cc1)C(=O)OC. The summed E-state index contributed by atoms with van der Waals surface area (Å²) in [7, 11) is 4.96. The molecule has 154 valence electrons. The lowest BCUT2D eigenvalue weighted by Crippen LogP contribution is -2.28. The molecule has 1 aromatic heterocycles. The molecule has 0 saturated heterocycles. The molecule has 3 aromatic rings. The fraction of sp³-hybridized carbons (Fsp3) is 0.364. The molecule has 0 fully saturated rings. The highest BCUT2D eigenvalue weighted by Crippen LogP contribution is 2.22. The first-order valence-corrected chi connectivity index (χ1v) is 9.46. The van der Waals surface area contributed by atoms with Crippen LogP contribution in [-0.2, 0) is 34.3 Å². The molecule has 1 atom stereocenters. The Labute approximate surface area is 170 Å². The number of benzene rings is 2. The van der Waals surface area contributed by atoms with E-state index in [-0.39, 0.29) is 5.97 Å². The van der Waals surface area contributed by atoms with E-state index in [0.29, 0.717) is 19.6 Å². The molecule has 0 radical (unpaired) electrons. The molecule has 7 heteroatoms. The quantitative estimate of drug-likeness (QED) is 0.515. The summed E-state index contributed by atoms with van der Waals surface area (Å²) in [6.07, 6.45) is -0.151. The lowest BCUT2D eigenvalue weighted by atomic mass is 10.1. The second-order valence-electron chi connectivity index (χ2n) is 6.55. The predicted octanol–water partition coefficient (Wildman–Crippen LogP) is 3.28. The molecular weight excluding hydrogens is 372 g/mol. The third-order valence-corrected chi connectivity index (χ3v) is 4.72. The zero-order chi connectivity index (χ0) is 20.8. The molecule has 3 rings (SSSR count). The second kappa shape index (κ2) is 9.43. The van der Waals surface area contributed by atoms with Crippen molar-refractivity contribution < 1.29 is 23.7 Å². The van der Waals surface area contributed by atoms with E-state index < -0.39 is 6.10 Å². The van der Waals surface area contributed by atoms with Gasteiger partial charge in [0.25, 0.3) is 0 Å². The summed E-state index contributed by atoms with van der Waals surface area (Å²) in [4.78, 5) is 16.4. The van der Waals surface area contributed by atoms with Crippen molar-refractivity contribution >= 4 is 17.0 Å². The molecule has 1 unspecified atom stereocenters. The maximum Gasteiger partial charge on any atom is 0.335 e. The van der Waals surface area contributed by atoms with Crippen molar-refractivity contribution in [3.8, 4) is 11.5 Å². The molecule has 0 aliphatic rings. The predicted molar refractivity (Wildman–Crippen MR) is 109 cm³/mol. The van der Waals surface area contributed by atoms with Gasteiger partial charge >= 0.3 is 5.97 Å². The van der Waals surface area contributed by atoms with Crippen molar-refractivity contribution in [2.75, 3.05) is 20.8 Å². The number of fused-ring (bicyclic) bond motifs is 1. The number of methoxy groups -OCH3 is 2. The van der Waals surface area contributed by atoms with Gasteiger partial charge in [-0.3, -0.25) is 0 Å². The molecular formula is C22H26N2O5. The lowest BCUT2D eigenvalue weighted by molar-refractivity contribution is -0.153. The van der Waals surface area contributed by atoms with Crippen LogP contribution in [0, 0.1) is 0 Å². The summed E-state index contributed by atoms with van der Waals surface area (Å²) >= 11 is 0. The van der Waals surface area contributed by atoms with E-state index in [0.717, 1.165) is 33.9 Å². The van der Waals surface area contributed by atoms with Gasteiger partial charge in [0.1, 0.15) is 23.9 Å². The minimum atomic E-state index is -0.603. The third-order valence-electron chi connectivity index (χ3n) is 4.72.